The Morgan fingerprint density at radius 3 is 2.11 bits per heavy atom. The highest BCUT2D eigenvalue weighted by Crippen LogP contribution is 2.26. The van der Waals surface area contributed by atoms with Crippen molar-refractivity contribution in [1.82, 2.24) is 4.98 Å². The molecule has 0 aliphatic carbocycles. The van der Waals surface area contributed by atoms with Crippen LogP contribution in [0, 0.1) is 17.0 Å². The quantitative estimate of drug-likeness (QED) is 0.487. The number of hydrogen-bond acceptors (Lipinski definition) is 7. The number of sulfone groups is 1. The molecule has 28 heavy (non-hydrogen) atoms. The number of nitrogens with zero attached hydrogens (tertiary/aromatic N) is 2. The van der Waals surface area contributed by atoms with Gasteiger partial charge in [0.25, 0.3) is 5.69 Å². The van der Waals surface area contributed by atoms with Crippen molar-refractivity contribution in [2.24, 2.45) is 0 Å². The topological polar surface area (TPSA) is 111 Å². The third-order valence-electron chi connectivity index (χ3n) is 3.89. The fraction of sp³-hybridized carbons (Fsp3) is 0.105. The van der Waals surface area contributed by atoms with Gasteiger partial charge in [-0.3, -0.25) is 10.1 Å². The van der Waals surface area contributed by atoms with Crippen LogP contribution < -0.4 is 10.1 Å². The molecule has 0 spiro atoms. The lowest BCUT2D eigenvalue weighted by Gasteiger charge is -2.09. The summed E-state index contributed by atoms with van der Waals surface area (Å²) in [6.45, 7) is 1.65. The summed E-state index contributed by atoms with van der Waals surface area (Å²) in [4.78, 5) is 14.6. The molecule has 144 valence electrons. The van der Waals surface area contributed by atoms with Gasteiger partial charge in [0.05, 0.1) is 9.82 Å². The normalized spacial score (nSPS) is 11.1. The van der Waals surface area contributed by atoms with Gasteiger partial charge in [-0.2, -0.15) is 0 Å². The smallest absolute Gasteiger partial charge is 0.290 e. The van der Waals surface area contributed by atoms with E-state index in [2.05, 4.69) is 10.3 Å². The molecule has 1 aromatic heterocycles. The number of aryl methyl sites for hydroxylation is 1. The second kappa shape index (κ2) is 7.65. The number of ether oxygens (including phenoxy) is 1. The van der Waals surface area contributed by atoms with Crippen molar-refractivity contribution in [2.45, 2.75) is 11.8 Å². The SMILES string of the molecule is Cc1cc(Nc2ccc(Oc3ccc(S(C)(=O)=O)cc3)cc2)ncc1[N+](=O)[O-]. The van der Waals surface area contributed by atoms with Crippen LogP contribution in [0.5, 0.6) is 11.5 Å². The van der Waals surface area contributed by atoms with Gasteiger partial charge in [0.2, 0.25) is 0 Å². The van der Waals surface area contributed by atoms with Crippen LogP contribution in [0.3, 0.4) is 0 Å². The maximum atomic E-state index is 11.5. The molecule has 8 nitrogen and oxygen atoms in total. The molecule has 0 saturated carbocycles. The molecule has 0 unspecified atom stereocenters. The summed E-state index contributed by atoms with van der Waals surface area (Å²) in [7, 11) is -3.25. The van der Waals surface area contributed by atoms with Crippen molar-refractivity contribution in [1.29, 1.82) is 0 Å². The lowest BCUT2D eigenvalue weighted by molar-refractivity contribution is -0.385. The van der Waals surface area contributed by atoms with Crippen molar-refractivity contribution in [3.05, 3.63) is 76.5 Å². The highest BCUT2D eigenvalue weighted by Gasteiger charge is 2.11. The second-order valence-electron chi connectivity index (χ2n) is 6.11. The van der Waals surface area contributed by atoms with E-state index in [1.807, 2.05) is 0 Å². The maximum Gasteiger partial charge on any atom is 0.290 e. The summed E-state index contributed by atoms with van der Waals surface area (Å²) in [6.07, 6.45) is 2.37. The van der Waals surface area contributed by atoms with E-state index in [9.17, 15) is 18.5 Å². The fourth-order valence-electron chi connectivity index (χ4n) is 2.45. The van der Waals surface area contributed by atoms with Gasteiger partial charge in [-0.1, -0.05) is 0 Å². The Balaban J connectivity index is 1.68. The Hall–Kier alpha value is -3.46. The Morgan fingerprint density at radius 1 is 1.04 bits per heavy atom. The summed E-state index contributed by atoms with van der Waals surface area (Å²) in [5.41, 5.74) is 1.22. The van der Waals surface area contributed by atoms with Crippen LogP contribution in [0.25, 0.3) is 0 Å². The van der Waals surface area contributed by atoms with Crippen LogP contribution >= 0.6 is 0 Å². The highest BCUT2D eigenvalue weighted by molar-refractivity contribution is 7.90. The number of nitrogens with one attached hydrogen (secondary N) is 1. The van der Waals surface area contributed by atoms with Gasteiger partial charge in [0, 0.05) is 17.5 Å². The first-order valence-corrected chi connectivity index (χ1v) is 10.1. The minimum atomic E-state index is -3.25. The van der Waals surface area contributed by atoms with Crippen molar-refractivity contribution < 1.29 is 18.1 Å². The Labute approximate surface area is 161 Å². The van der Waals surface area contributed by atoms with Crippen LogP contribution in [0.1, 0.15) is 5.56 Å². The molecule has 0 bridgehead atoms. The van der Waals surface area contributed by atoms with E-state index in [0.717, 1.165) is 11.9 Å². The van der Waals surface area contributed by atoms with E-state index in [4.69, 9.17) is 4.74 Å². The minimum absolute atomic E-state index is 0.0313. The van der Waals surface area contributed by atoms with Crippen LogP contribution in [0.4, 0.5) is 17.2 Å². The maximum absolute atomic E-state index is 11.5. The average molecular weight is 399 g/mol. The molecule has 3 aromatic rings. The number of nitro groups is 1. The third-order valence-corrected chi connectivity index (χ3v) is 5.02. The number of pyridine rings is 1. The molecule has 1 N–H and O–H groups in total. The molecule has 0 aliphatic rings. The molecule has 0 saturated heterocycles. The molecular weight excluding hydrogens is 382 g/mol. The number of hydrogen-bond donors (Lipinski definition) is 1. The van der Waals surface area contributed by atoms with E-state index in [1.54, 1.807) is 49.4 Å². The van der Waals surface area contributed by atoms with Gasteiger partial charge in [-0.25, -0.2) is 13.4 Å². The van der Waals surface area contributed by atoms with Gasteiger partial charge in [0.1, 0.15) is 23.5 Å². The molecule has 0 aliphatic heterocycles. The monoisotopic (exact) mass is 399 g/mol. The number of benzene rings is 2. The summed E-state index contributed by atoms with van der Waals surface area (Å²) in [5, 5.41) is 13.9. The molecule has 9 heteroatoms. The van der Waals surface area contributed by atoms with Crippen LogP contribution in [-0.2, 0) is 9.84 Å². The van der Waals surface area contributed by atoms with E-state index in [0.29, 0.717) is 22.9 Å². The standard InChI is InChI=1S/C19H17N3O5S/c1-13-11-19(20-12-18(13)22(23)24)21-14-3-5-15(6-4-14)27-16-7-9-17(10-8-16)28(2,25)26/h3-12H,1-2H3,(H,20,21). The fourth-order valence-corrected chi connectivity index (χ4v) is 3.08. The Morgan fingerprint density at radius 2 is 1.61 bits per heavy atom. The van der Waals surface area contributed by atoms with Crippen LogP contribution in [-0.4, -0.2) is 24.6 Å². The molecule has 0 atom stereocenters. The summed E-state index contributed by atoms with van der Waals surface area (Å²) < 4.78 is 28.7. The lowest BCUT2D eigenvalue weighted by atomic mass is 10.2. The van der Waals surface area contributed by atoms with Crippen molar-refractivity contribution in [3.63, 3.8) is 0 Å². The molecule has 2 aromatic carbocycles. The van der Waals surface area contributed by atoms with Crippen LogP contribution in [0.2, 0.25) is 0 Å². The predicted octanol–water partition coefficient (Wildman–Crippen LogP) is 4.24. The van der Waals surface area contributed by atoms with Crippen molar-refractivity contribution in [3.8, 4) is 11.5 Å². The van der Waals surface area contributed by atoms with Crippen molar-refractivity contribution >= 4 is 27.0 Å². The van der Waals surface area contributed by atoms with E-state index < -0.39 is 14.8 Å². The zero-order chi connectivity index (χ0) is 20.3. The molecule has 0 fully saturated rings. The predicted molar refractivity (Wildman–Crippen MR) is 105 cm³/mol. The van der Waals surface area contributed by atoms with Gasteiger partial charge >= 0.3 is 0 Å². The first-order valence-electron chi connectivity index (χ1n) is 8.18. The zero-order valence-electron chi connectivity index (χ0n) is 15.1. The first-order chi connectivity index (χ1) is 13.2. The molecule has 0 amide bonds. The van der Waals surface area contributed by atoms with E-state index >= 15 is 0 Å². The minimum Gasteiger partial charge on any atom is -0.457 e. The third kappa shape index (κ3) is 4.63. The molecule has 0 radical (unpaired) electrons. The number of aromatic nitrogens is 1. The number of rotatable bonds is 6. The van der Waals surface area contributed by atoms with Gasteiger partial charge in [-0.05, 0) is 61.5 Å². The summed E-state index contributed by atoms with van der Waals surface area (Å²) >= 11 is 0. The average Bonchev–Trinajstić information content (AvgIpc) is 2.63. The largest absolute Gasteiger partial charge is 0.457 e. The molecular formula is C19H17N3O5S. The van der Waals surface area contributed by atoms with Gasteiger partial charge in [0.15, 0.2) is 9.84 Å². The van der Waals surface area contributed by atoms with Gasteiger partial charge in [-0.15, -0.1) is 0 Å². The highest BCUT2D eigenvalue weighted by atomic mass is 32.2. The van der Waals surface area contributed by atoms with Gasteiger partial charge < -0.3 is 10.1 Å². The molecule has 3 rings (SSSR count). The van der Waals surface area contributed by atoms with E-state index in [-0.39, 0.29) is 10.6 Å². The Kier molecular flexibility index (Phi) is 5.27. The summed E-state index contributed by atoms with van der Waals surface area (Å²) in [5.74, 6) is 1.58. The zero-order valence-corrected chi connectivity index (χ0v) is 15.9. The van der Waals surface area contributed by atoms with Crippen molar-refractivity contribution in [2.75, 3.05) is 11.6 Å². The van der Waals surface area contributed by atoms with Crippen LogP contribution in [0.15, 0.2) is 65.7 Å². The number of anilines is 2. The Bertz CT molecular complexity index is 1110. The lowest BCUT2D eigenvalue weighted by Crippen LogP contribution is -1.98. The molecule has 1 heterocycles. The summed E-state index contributed by atoms with van der Waals surface area (Å²) in [6, 6.07) is 14.8. The van der Waals surface area contributed by atoms with E-state index in [1.165, 1.54) is 18.3 Å². The second-order valence-corrected chi connectivity index (χ2v) is 8.12. The first kappa shape index (κ1) is 19.3.